The molecule has 20 nitrogen and oxygen atoms in total. The largest absolute Gasteiger partial charge is 0.488 e. The fourth-order valence-corrected chi connectivity index (χ4v) is 8.81. The van der Waals surface area contributed by atoms with Crippen molar-refractivity contribution in [1.29, 1.82) is 0 Å². The maximum absolute atomic E-state index is 6.97. The van der Waals surface area contributed by atoms with Gasteiger partial charge in [-0.15, -0.1) is 40.8 Å². The molecular formula is C58H44N16O4. The lowest BCUT2D eigenvalue weighted by Crippen LogP contribution is -2.20. The van der Waals surface area contributed by atoms with Gasteiger partial charge < -0.3 is 18.9 Å². The average Bonchev–Trinajstić information content (AvgIpc) is 4.41. The standard InChI is InChI=1S/C58H44N16O4/c1-5-13-47-41(9-1)17-21-55(51(47)25-67-71-33-59-60-34-71)75-29-45(30-76-56-22-18-42-10-2-6-14-48(42)52(56)26-68-72-35-61-62-36-72)46(31-77-57-23-19-43-11-3-7-15-49(43)53(57)27-69-73-37-63-64-38-73)32-78-58-24-20-44-12-4-8-16-50(44)54(58)28-70-74-39-65-66-40-74/h1-28,33-40H,29-32H2/b67-25+,68-26+,69-27+,70-28+. The summed E-state index contributed by atoms with van der Waals surface area (Å²) in [6.45, 7) is 0.131. The second-order valence-corrected chi connectivity index (χ2v) is 17.5. The zero-order valence-electron chi connectivity index (χ0n) is 41.4. The highest BCUT2D eigenvalue weighted by atomic mass is 16.5. The van der Waals surface area contributed by atoms with Crippen LogP contribution in [0.25, 0.3) is 43.1 Å². The molecule has 4 aromatic heterocycles. The Hall–Kier alpha value is -11.0. The Balaban J connectivity index is 0.988. The molecule has 0 spiro atoms. The van der Waals surface area contributed by atoms with Gasteiger partial charge in [-0.3, -0.25) is 0 Å². The van der Waals surface area contributed by atoms with Crippen LogP contribution in [0.1, 0.15) is 22.3 Å². The van der Waals surface area contributed by atoms with Crippen molar-refractivity contribution < 1.29 is 18.9 Å². The van der Waals surface area contributed by atoms with Gasteiger partial charge >= 0.3 is 0 Å². The molecule has 12 rings (SSSR count). The molecule has 0 aliphatic carbocycles. The zero-order chi connectivity index (χ0) is 52.3. The molecule has 20 heteroatoms. The van der Waals surface area contributed by atoms with E-state index in [0.717, 1.165) is 76.5 Å². The summed E-state index contributed by atoms with van der Waals surface area (Å²) in [5.74, 6) is 2.28. The molecule has 0 saturated heterocycles. The normalized spacial score (nSPS) is 11.8. The molecule has 0 radical (unpaired) electrons. The minimum absolute atomic E-state index is 0.0326. The van der Waals surface area contributed by atoms with Crippen LogP contribution >= 0.6 is 0 Å². The van der Waals surface area contributed by atoms with E-state index in [2.05, 4.69) is 61.2 Å². The molecular weight excluding hydrogens is 985 g/mol. The van der Waals surface area contributed by atoms with Gasteiger partial charge in [0.25, 0.3) is 0 Å². The molecule has 8 aromatic carbocycles. The summed E-state index contributed by atoms with van der Waals surface area (Å²) in [6.07, 6.45) is 19.2. The van der Waals surface area contributed by atoms with E-state index in [1.807, 2.05) is 146 Å². The van der Waals surface area contributed by atoms with Crippen molar-refractivity contribution >= 4 is 67.9 Å². The Kier molecular flexibility index (Phi) is 13.9. The molecule has 0 fully saturated rings. The quantitative estimate of drug-likeness (QED) is 0.0517. The summed E-state index contributed by atoms with van der Waals surface area (Å²) < 4.78 is 34.0. The van der Waals surface area contributed by atoms with Crippen LogP contribution in [0.2, 0.25) is 0 Å². The Morgan fingerprint density at radius 2 is 0.513 bits per heavy atom. The second kappa shape index (κ2) is 22.6. The van der Waals surface area contributed by atoms with Crippen LogP contribution in [0.15, 0.2) is 228 Å². The Labute approximate surface area is 444 Å². The van der Waals surface area contributed by atoms with Crippen molar-refractivity contribution in [3.63, 3.8) is 0 Å². The summed E-state index contributed by atoms with van der Waals surface area (Å²) in [4.78, 5) is 0. The topological polar surface area (TPSA) is 209 Å². The van der Waals surface area contributed by atoms with Gasteiger partial charge in [0.15, 0.2) is 0 Å². The highest BCUT2D eigenvalue weighted by molar-refractivity contribution is 6.05. The monoisotopic (exact) mass is 1030 g/mol. The molecule has 0 N–H and O–H groups in total. The molecule has 0 unspecified atom stereocenters. The molecule has 380 valence electrons. The summed E-state index contributed by atoms with van der Waals surface area (Å²) in [5.41, 5.74) is 4.44. The fourth-order valence-electron chi connectivity index (χ4n) is 8.81. The maximum Gasteiger partial charge on any atom is 0.141 e. The van der Waals surface area contributed by atoms with Crippen LogP contribution in [0.3, 0.4) is 0 Å². The Bertz CT molecular complexity index is 3640. The van der Waals surface area contributed by atoms with Crippen LogP contribution in [0.4, 0.5) is 0 Å². The lowest BCUT2D eigenvalue weighted by atomic mass is 10.0. The number of fused-ring (bicyclic) bond motifs is 4. The van der Waals surface area contributed by atoms with Crippen molar-refractivity contribution in [3.8, 4) is 23.0 Å². The lowest BCUT2D eigenvalue weighted by Gasteiger charge is -2.21. The number of hydrogen-bond donors (Lipinski definition) is 0. The van der Waals surface area contributed by atoms with E-state index in [1.165, 1.54) is 69.3 Å². The molecule has 0 amide bonds. The van der Waals surface area contributed by atoms with Crippen LogP contribution in [-0.4, -0.2) is 111 Å². The average molecular weight is 1030 g/mol. The third-order valence-electron chi connectivity index (χ3n) is 12.7. The smallest absolute Gasteiger partial charge is 0.141 e. The molecule has 0 aliphatic heterocycles. The molecule has 12 aromatic rings. The summed E-state index contributed by atoms with van der Waals surface area (Å²) >= 11 is 0. The molecule has 0 aliphatic rings. The highest BCUT2D eigenvalue weighted by Gasteiger charge is 2.19. The van der Waals surface area contributed by atoms with Gasteiger partial charge in [0, 0.05) is 33.4 Å². The van der Waals surface area contributed by atoms with Crippen molar-refractivity contribution in [2.24, 2.45) is 20.4 Å². The SMILES string of the molecule is C(=N\n1cnnc1)/c1c(OCC(COc2ccc3ccccc3c2/C=N/n2cnnc2)=C(COc2ccc3ccccc3c2/C=N/n2cnnc2)COc2ccc3ccccc3c2/C=N/n2cnnc2)ccc2ccccc12. The molecule has 0 atom stereocenters. The first-order chi connectivity index (χ1) is 38.7. The Morgan fingerprint density at radius 3 is 0.744 bits per heavy atom. The number of rotatable bonds is 20. The van der Waals surface area contributed by atoms with Crippen molar-refractivity contribution in [2.45, 2.75) is 0 Å². The second-order valence-electron chi connectivity index (χ2n) is 17.5. The number of benzene rings is 8. The van der Waals surface area contributed by atoms with Crippen molar-refractivity contribution in [1.82, 2.24) is 59.5 Å². The molecule has 4 heterocycles. The van der Waals surface area contributed by atoms with E-state index in [-0.39, 0.29) is 26.4 Å². The predicted molar refractivity (Wildman–Crippen MR) is 297 cm³/mol. The number of aromatic nitrogens is 12. The molecule has 0 bridgehead atoms. The minimum atomic E-state index is 0.0326. The van der Waals surface area contributed by atoms with Crippen LogP contribution < -0.4 is 18.9 Å². The first-order valence-electron chi connectivity index (χ1n) is 24.5. The highest BCUT2D eigenvalue weighted by Crippen LogP contribution is 2.33. The van der Waals surface area contributed by atoms with E-state index in [0.29, 0.717) is 23.0 Å². The molecule has 0 saturated carbocycles. The van der Waals surface area contributed by atoms with E-state index in [1.54, 1.807) is 24.9 Å². The van der Waals surface area contributed by atoms with Crippen LogP contribution in [0.5, 0.6) is 23.0 Å². The third kappa shape index (κ3) is 10.8. The molecule has 78 heavy (non-hydrogen) atoms. The summed E-state index contributed by atoms with van der Waals surface area (Å²) in [5, 5.41) is 57.9. The van der Waals surface area contributed by atoms with E-state index in [4.69, 9.17) is 18.9 Å². The van der Waals surface area contributed by atoms with Gasteiger partial charge in [-0.1, -0.05) is 121 Å². The van der Waals surface area contributed by atoms with Gasteiger partial charge in [-0.25, -0.2) is 18.7 Å². The van der Waals surface area contributed by atoms with Gasteiger partial charge in [0.1, 0.15) is 100 Å². The van der Waals surface area contributed by atoms with Gasteiger partial charge in [-0.2, -0.15) is 20.4 Å². The lowest BCUT2D eigenvalue weighted by molar-refractivity contribution is 0.271. The zero-order valence-corrected chi connectivity index (χ0v) is 41.4. The van der Waals surface area contributed by atoms with Gasteiger partial charge in [-0.05, 0) is 67.4 Å². The summed E-state index contributed by atoms with van der Waals surface area (Å²) in [6, 6.07) is 48.1. The Morgan fingerprint density at radius 1 is 0.295 bits per heavy atom. The summed E-state index contributed by atoms with van der Waals surface area (Å²) in [7, 11) is 0. The number of hydrogen-bond acceptors (Lipinski definition) is 16. The fraction of sp³-hybridized carbons (Fsp3) is 0.0690. The number of nitrogens with zero attached hydrogens (tertiary/aromatic N) is 16. The van der Waals surface area contributed by atoms with Crippen LogP contribution in [-0.2, 0) is 0 Å². The van der Waals surface area contributed by atoms with E-state index >= 15 is 0 Å². The van der Waals surface area contributed by atoms with Crippen molar-refractivity contribution in [2.75, 3.05) is 26.4 Å². The van der Waals surface area contributed by atoms with Crippen molar-refractivity contribution in [3.05, 3.63) is 230 Å². The van der Waals surface area contributed by atoms with E-state index in [9.17, 15) is 0 Å². The number of ether oxygens (including phenoxy) is 4. The third-order valence-corrected chi connectivity index (χ3v) is 12.7. The van der Waals surface area contributed by atoms with Gasteiger partial charge in [0.2, 0.25) is 0 Å². The first-order valence-corrected chi connectivity index (χ1v) is 24.5. The predicted octanol–water partition coefficient (Wildman–Crippen LogP) is 9.11. The van der Waals surface area contributed by atoms with E-state index < -0.39 is 0 Å². The van der Waals surface area contributed by atoms with Crippen LogP contribution in [0, 0.1) is 0 Å². The van der Waals surface area contributed by atoms with Gasteiger partial charge in [0.05, 0.1) is 24.9 Å². The maximum atomic E-state index is 6.97. The first kappa shape index (κ1) is 48.0. The minimum Gasteiger partial charge on any atom is -0.488 e.